The molecular formula is C25H32O2. The second kappa shape index (κ2) is 6.16. The van der Waals surface area contributed by atoms with E-state index in [1.54, 1.807) is 0 Å². The summed E-state index contributed by atoms with van der Waals surface area (Å²) in [5.74, 6) is 5.99. The second-order valence-electron chi connectivity index (χ2n) is 10.5. The lowest BCUT2D eigenvalue weighted by molar-refractivity contribution is -0.121. The molecule has 8 atom stereocenters. The third-order valence-electron chi connectivity index (χ3n) is 9.38. The van der Waals surface area contributed by atoms with Crippen LogP contribution in [0.5, 0.6) is 0 Å². The maximum absolute atomic E-state index is 12.7. The zero-order chi connectivity index (χ0) is 18.1. The molecule has 0 spiro atoms. The molecule has 0 amide bonds. The minimum Gasteiger partial charge on any atom is -0.294 e. The zero-order valence-electron chi connectivity index (χ0n) is 16.4. The summed E-state index contributed by atoms with van der Waals surface area (Å²) in [6, 6.07) is 0. The molecule has 4 bridgehead atoms. The number of carbonyl (C=O) groups excluding carboxylic acids is 2. The van der Waals surface area contributed by atoms with Crippen LogP contribution in [0.15, 0.2) is 23.3 Å². The highest BCUT2D eigenvalue weighted by molar-refractivity contribution is 6.01. The Hall–Kier alpha value is -1.18. The van der Waals surface area contributed by atoms with Gasteiger partial charge in [-0.2, -0.15) is 0 Å². The van der Waals surface area contributed by atoms with E-state index in [0.717, 1.165) is 55.1 Å². The molecule has 6 rings (SSSR count). The normalized spacial score (nSPS) is 46.2. The molecule has 0 aromatic heterocycles. The van der Waals surface area contributed by atoms with Crippen LogP contribution in [0.2, 0.25) is 0 Å². The van der Waals surface area contributed by atoms with Gasteiger partial charge in [0, 0.05) is 11.8 Å². The molecule has 2 heteroatoms. The molecule has 0 saturated heterocycles. The van der Waals surface area contributed by atoms with Crippen molar-refractivity contribution in [2.75, 3.05) is 0 Å². The van der Waals surface area contributed by atoms with Crippen LogP contribution in [0, 0.1) is 47.3 Å². The summed E-state index contributed by atoms with van der Waals surface area (Å²) in [6.07, 6.45) is 18.0. The first-order chi connectivity index (χ1) is 13.2. The first-order valence-electron chi connectivity index (χ1n) is 11.7. The highest BCUT2D eigenvalue weighted by Gasteiger charge is 2.54. The first kappa shape index (κ1) is 16.7. The van der Waals surface area contributed by atoms with Gasteiger partial charge >= 0.3 is 0 Å². The lowest BCUT2D eigenvalue weighted by atomic mass is 9.81. The van der Waals surface area contributed by atoms with Crippen molar-refractivity contribution in [3.05, 3.63) is 23.3 Å². The van der Waals surface area contributed by atoms with E-state index in [4.69, 9.17) is 0 Å². The Balaban J connectivity index is 0.986. The van der Waals surface area contributed by atoms with Crippen molar-refractivity contribution < 1.29 is 9.59 Å². The number of carbonyl (C=O) groups is 2. The van der Waals surface area contributed by atoms with Gasteiger partial charge in [0.05, 0.1) is 0 Å². The molecular weight excluding hydrogens is 332 g/mol. The average molecular weight is 365 g/mol. The average Bonchev–Trinajstić information content (AvgIpc) is 3.46. The molecule has 6 aliphatic carbocycles. The molecule has 0 heterocycles. The van der Waals surface area contributed by atoms with Gasteiger partial charge in [0.1, 0.15) is 0 Å². The molecule has 0 aromatic rings. The van der Waals surface area contributed by atoms with Crippen LogP contribution in [-0.4, -0.2) is 11.6 Å². The Bertz CT molecular complexity index is 681. The minimum atomic E-state index is 0.370. The number of ketones is 2. The van der Waals surface area contributed by atoms with E-state index in [0.29, 0.717) is 47.1 Å². The number of allylic oxidation sites excluding steroid dienone is 4. The van der Waals surface area contributed by atoms with Crippen molar-refractivity contribution in [2.24, 2.45) is 47.3 Å². The van der Waals surface area contributed by atoms with Gasteiger partial charge in [-0.15, -0.1) is 0 Å². The fraction of sp³-hybridized carbons (Fsp3) is 0.760. The highest BCUT2D eigenvalue weighted by Crippen LogP contribution is 2.58. The van der Waals surface area contributed by atoms with Gasteiger partial charge in [0.15, 0.2) is 11.6 Å². The van der Waals surface area contributed by atoms with Crippen molar-refractivity contribution in [1.29, 1.82) is 0 Å². The lowest BCUT2D eigenvalue weighted by Gasteiger charge is -2.22. The molecule has 4 fully saturated rings. The Labute approximate surface area is 162 Å². The van der Waals surface area contributed by atoms with E-state index in [2.05, 4.69) is 12.2 Å². The summed E-state index contributed by atoms with van der Waals surface area (Å²) in [5.41, 5.74) is 2.31. The molecule has 0 aromatic carbocycles. The van der Waals surface area contributed by atoms with Gasteiger partial charge in [-0.25, -0.2) is 0 Å². The van der Waals surface area contributed by atoms with Crippen molar-refractivity contribution in [2.45, 2.75) is 70.6 Å². The summed E-state index contributed by atoms with van der Waals surface area (Å²) < 4.78 is 0. The number of rotatable bonds is 6. The SMILES string of the molecule is O=C1C(CCCCCC2=C[C@@H]3[C@H]4CC[C@H](C4)[C@@H]3C2=O)=C[C@@H]2[C@H]3CC[C@H](C3)[C@H]12. The van der Waals surface area contributed by atoms with Gasteiger partial charge in [-0.3, -0.25) is 9.59 Å². The number of unbranched alkanes of at least 4 members (excludes halogenated alkanes) is 2. The fourth-order valence-electron chi connectivity index (χ4n) is 8.21. The summed E-state index contributed by atoms with van der Waals surface area (Å²) in [7, 11) is 0. The van der Waals surface area contributed by atoms with E-state index in [9.17, 15) is 9.59 Å². The van der Waals surface area contributed by atoms with E-state index in [1.807, 2.05) is 0 Å². The van der Waals surface area contributed by atoms with Crippen LogP contribution >= 0.6 is 0 Å². The maximum atomic E-state index is 12.7. The monoisotopic (exact) mass is 364 g/mol. The number of fused-ring (bicyclic) bond motifs is 10. The molecule has 0 radical (unpaired) electrons. The number of hydrogen-bond acceptors (Lipinski definition) is 2. The molecule has 144 valence electrons. The Morgan fingerprint density at radius 2 is 1.07 bits per heavy atom. The smallest absolute Gasteiger partial charge is 0.162 e. The van der Waals surface area contributed by atoms with Crippen molar-refractivity contribution in [3.8, 4) is 0 Å². The van der Waals surface area contributed by atoms with Crippen LogP contribution in [0.4, 0.5) is 0 Å². The van der Waals surface area contributed by atoms with Crippen LogP contribution in [0.25, 0.3) is 0 Å². The predicted octanol–water partition coefficient (Wildman–Crippen LogP) is 5.28. The summed E-state index contributed by atoms with van der Waals surface area (Å²) in [4.78, 5) is 25.5. The van der Waals surface area contributed by atoms with E-state index in [-0.39, 0.29) is 0 Å². The summed E-state index contributed by atoms with van der Waals surface area (Å²) in [5, 5.41) is 0. The topological polar surface area (TPSA) is 34.1 Å². The minimum absolute atomic E-state index is 0.370. The van der Waals surface area contributed by atoms with Crippen LogP contribution < -0.4 is 0 Å². The molecule has 0 N–H and O–H groups in total. The summed E-state index contributed by atoms with van der Waals surface area (Å²) >= 11 is 0. The van der Waals surface area contributed by atoms with E-state index in [1.165, 1.54) is 38.5 Å². The van der Waals surface area contributed by atoms with Crippen LogP contribution in [0.3, 0.4) is 0 Å². The lowest BCUT2D eigenvalue weighted by Crippen LogP contribution is -2.23. The van der Waals surface area contributed by atoms with Gasteiger partial charge in [-0.1, -0.05) is 18.6 Å². The number of hydrogen-bond donors (Lipinski definition) is 0. The quantitative estimate of drug-likeness (QED) is 0.601. The van der Waals surface area contributed by atoms with Gasteiger partial charge in [0.25, 0.3) is 0 Å². The van der Waals surface area contributed by atoms with Gasteiger partial charge in [0.2, 0.25) is 0 Å². The molecule has 2 nitrogen and oxygen atoms in total. The number of Topliss-reactive ketones (excluding diaryl/α,β-unsaturated/α-hetero) is 2. The van der Waals surface area contributed by atoms with Gasteiger partial charge in [-0.05, 0) is 111 Å². The third-order valence-corrected chi connectivity index (χ3v) is 9.38. The first-order valence-corrected chi connectivity index (χ1v) is 11.7. The van der Waals surface area contributed by atoms with Crippen molar-refractivity contribution in [1.82, 2.24) is 0 Å². The largest absolute Gasteiger partial charge is 0.294 e. The Morgan fingerprint density at radius 3 is 1.52 bits per heavy atom. The van der Waals surface area contributed by atoms with Crippen molar-refractivity contribution in [3.63, 3.8) is 0 Å². The zero-order valence-corrected chi connectivity index (χ0v) is 16.4. The van der Waals surface area contributed by atoms with Crippen LogP contribution in [-0.2, 0) is 9.59 Å². The summed E-state index contributed by atoms with van der Waals surface area (Å²) in [6.45, 7) is 0. The molecule has 4 saturated carbocycles. The van der Waals surface area contributed by atoms with E-state index >= 15 is 0 Å². The Morgan fingerprint density at radius 1 is 0.630 bits per heavy atom. The van der Waals surface area contributed by atoms with E-state index < -0.39 is 0 Å². The maximum Gasteiger partial charge on any atom is 0.162 e. The van der Waals surface area contributed by atoms with Crippen LogP contribution in [0.1, 0.15) is 70.6 Å². The second-order valence-corrected chi connectivity index (χ2v) is 10.5. The predicted molar refractivity (Wildman–Crippen MR) is 105 cm³/mol. The van der Waals surface area contributed by atoms with Gasteiger partial charge < -0.3 is 0 Å². The molecule has 6 aliphatic rings. The molecule has 0 unspecified atom stereocenters. The third kappa shape index (κ3) is 2.44. The fourth-order valence-corrected chi connectivity index (χ4v) is 8.21. The molecule has 27 heavy (non-hydrogen) atoms. The highest BCUT2D eigenvalue weighted by atomic mass is 16.1. The molecule has 0 aliphatic heterocycles. The standard InChI is InChI=1S/C25H32O2/c26-24-18(12-20-14-6-8-16(10-14)22(20)24)4-2-1-3-5-19-13-21-15-7-9-17(11-15)23(21)25(19)27/h12-17,20-23H,1-11H2/t14-,15-,16+,17+,20+,21+,22-,23-/m0/s1. The Kier molecular flexibility index (Phi) is 3.82. The van der Waals surface area contributed by atoms with Crippen molar-refractivity contribution >= 4 is 11.6 Å².